The van der Waals surface area contributed by atoms with Crippen molar-refractivity contribution in [1.82, 2.24) is 5.32 Å². The maximum absolute atomic E-state index is 11.1. The number of carbonyl (C=O) groups is 1. The van der Waals surface area contributed by atoms with Crippen molar-refractivity contribution in [3.05, 3.63) is 0 Å². The molecule has 2 heterocycles. The fraction of sp³-hybridized carbons (Fsp3) is 0.750. The number of aliphatic imine (C=N–C) groups is 1. The molecule has 3 nitrogen and oxygen atoms in total. The molecule has 2 aliphatic heterocycles. The first kappa shape index (κ1) is 6.83. The molecule has 0 aromatic rings. The van der Waals surface area contributed by atoms with Crippen molar-refractivity contribution >= 4 is 12.1 Å². The summed E-state index contributed by atoms with van der Waals surface area (Å²) in [4.78, 5) is 15.4. The van der Waals surface area contributed by atoms with Crippen molar-refractivity contribution in [1.29, 1.82) is 0 Å². The summed E-state index contributed by atoms with van der Waals surface area (Å²) in [7, 11) is 0. The highest BCUT2D eigenvalue weighted by Crippen LogP contribution is 2.27. The first-order valence-electron chi connectivity index (χ1n) is 4.15. The molecule has 1 N–H and O–H groups in total. The normalized spacial score (nSPS) is 36.2. The van der Waals surface area contributed by atoms with Crippen molar-refractivity contribution in [2.45, 2.75) is 31.2 Å². The predicted molar refractivity (Wildman–Crippen MR) is 42.7 cm³/mol. The molecule has 1 unspecified atom stereocenters. The van der Waals surface area contributed by atoms with E-state index in [1.807, 2.05) is 6.21 Å². The predicted octanol–water partition coefficient (Wildman–Crippen LogP) is 0.500. The zero-order valence-electron chi connectivity index (χ0n) is 6.47. The molecular formula is C8H12N2O. The molecule has 0 aromatic heterocycles. The van der Waals surface area contributed by atoms with Gasteiger partial charge in [-0.15, -0.1) is 0 Å². The number of nitrogens with one attached hydrogen (secondary N) is 1. The molecule has 1 atom stereocenters. The Bertz CT molecular complexity index is 212. The Morgan fingerprint density at radius 3 is 3.09 bits per heavy atom. The van der Waals surface area contributed by atoms with Gasteiger partial charge in [-0.2, -0.15) is 0 Å². The SMILES string of the molecule is O=C1NCC12CCCCC=N2. The first-order chi connectivity index (χ1) is 5.33. The number of amides is 1. The maximum Gasteiger partial charge on any atom is 0.249 e. The molecule has 1 spiro atoms. The number of β-lactam (4-membered cyclic amide) rings is 1. The lowest BCUT2D eigenvalue weighted by molar-refractivity contribution is -0.133. The minimum atomic E-state index is -0.337. The van der Waals surface area contributed by atoms with Crippen molar-refractivity contribution in [2.24, 2.45) is 4.99 Å². The fourth-order valence-corrected chi connectivity index (χ4v) is 1.63. The Morgan fingerprint density at radius 1 is 1.55 bits per heavy atom. The zero-order chi connectivity index (χ0) is 7.73. The highest BCUT2D eigenvalue weighted by Gasteiger charge is 2.45. The van der Waals surface area contributed by atoms with E-state index in [1.165, 1.54) is 6.42 Å². The molecule has 1 fully saturated rings. The molecule has 1 amide bonds. The molecule has 0 aliphatic carbocycles. The second kappa shape index (κ2) is 2.32. The smallest absolute Gasteiger partial charge is 0.249 e. The summed E-state index contributed by atoms with van der Waals surface area (Å²) >= 11 is 0. The highest BCUT2D eigenvalue weighted by molar-refractivity contribution is 5.94. The van der Waals surface area contributed by atoms with Crippen molar-refractivity contribution in [3.8, 4) is 0 Å². The zero-order valence-corrected chi connectivity index (χ0v) is 6.47. The Morgan fingerprint density at radius 2 is 2.45 bits per heavy atom. The van der Waals surface area contributed by atoms with Crippen LogP contribution in [0.15, 0.2) is 4.99 Å². The van der Waals surface area contributed by atoms with Crippen molar-refractivity contribution in [3.63, 3.8) is 0 Å². The van der Waals surface area contributed by atoms with Gasteiger partial charge in [-0.1, -0.05) is 6.42 Å². The van der Waals surface area contributed by atoms with Crippen LogP contribution in [0.3, 0.4) is 0 Å². The van der Waals surface area contributed by atoms with E-state index in [9.17, 15) is 4.79 Å². The molecule has 3 heteroatoms. The van der Waals surface area contributed by atoms with Crippen LogP contribution in [0, 0.1) is 0 Å². The van der Waals surface area contributed by atoms with Gasteiger partial charge in [0.15, 0.2) is 5.54 Å². The van der Waals surface area contributed by atoms with Crippen molar-refractivity contribution in [2.75, 3.05) is 6.54 Å². The third-order valence-electron chi connectivity index (χ3n) is 2.48. The van der Waals surface area contributed by atoms with Crippen LogP contribution in [0.5, 0.6) is 0 Å². The van der Waals surface area contributed by atoms with E-state index in [4.69, 9.17) is 0 Å². The van der Waals surface area contributed by atoms with Gasteiger partial charge in [0.25, 0.3) is 0 Å². The van der Waals surface area contributed by atoms with Gasteiger partial charge < -0.3 is 5.32 Å². The highest BCUT2D eigenvalue weighted by atomic mass is 16.2. The van der Waals surface area contributed by atoms with Gasteiger partial charge >= 0.3 is 0 Å². The van der Waals surface area contributed by atoms with Crippen LogP contribution >= 0.6 is 0 Å². The molecule has 0 aromatic carbocycles. The monoisotopic (exact) mass is 152 g/mol. The standard InChI is InChI=1S/C8H12N2O/c11-7-8(6-9-7)4-2-1-3-5-10-8/h5H,1-4,6H2,(H,9,11). The Hall–Kier alpha value is -0.860. The molecule has 2 rings (SSSR count). The lowest BCUT2D eigenvalue weighted by Crippen LogP contribution is -2.63. The summed E-state index contributed by atoms with van der Waals surface area (Å²) in [6.45, 7) is 0.752. The van der Waals surface area contributed by atoms with Crippen LogP contribution in [-0.2, 0) is 4.79 Å². The minimum absolute atomic E-state index is 0.121. The quantitative estimate of drug-likeness (QED) is 0.504. The molecule has 11 heavy (non-hydrogen) atoms. The second-order valence-corrected chi connectivity index (χ2v) is 3.27. The summed E-state index contributed by atoms with van der Waals surface area (Å²) in [6, 6.07) is 0. The van der Waals surface area contributed by atoms with Gasteiger partial charge in [0.2, 0.25) is 5.91 Å². The van der Waals surface area contributed by atoms with E-state index in [-0.39, 0.29) is 11.4 Å². The van der Waals surface area contributed by atoms with E-state index in [0.717, 1.165) is 25.8 Å². The van der Waals surface area contributed by atoms with E-state index >= 15 is 0 Å². The summed E-state index contributed by atoms with van der Waals surface area (Å²) in [6.07, 6.45) is 6.20. The maximum atomic E-state index is 11.1. The summed E-state index contributed by atoms with van der Waals surface area (Å²) in [5.74, 6) is 0.121. The molecule has 0 radical (unpaired) electrons. The first-order valence-corrected chi connectivity index (χ1v) is 4.15. The largest absolute Gasteiger partial charge is 0.351 e. The summed E-state index contributed by atoms with van der Waals surface area (Å²) in [5, 5.41) is 2.74. The average molecular weight is 152 g/mol. The van der Waals surface area contributed by atoms with Crippen molar-refractivity contribution < 1.29 is 4.79 Å². The number of carbonyl (C=O) groups excluding carboxylic acids is 1. The van der Waals surface area contributed by atoms with Gasteiger partial charge in [-0.05, 0) is 19.3 Å². The van der Waals surface area contributed by atoms with Crippen LogP contribution in [-0.4, -0.2) is 24.2 Å². The molecule has 0 saturated carbocycles. The Kier molecular flexibility index (Phi) is 1.44. The lowest BCUT2D eigenvalue weighted by Gasteiger charge is -2.36. The number of rotatable bonds is 0. The average Bonchev–Trinajstić information content (AvgIpc) is 2.28. The van der Waals surface area contributed by atoms with E-state index in [2.05, 4.69) is 10.3 Å². The number of hydrogen-bond acceptors (Lipinski definition) is 2. The lowest BCUT2D eigenvalue weighted by atomic mass is 9.87. The van der Waals surface area contributed by atoms with Gasteiger partial charge in [0.05, 0.1) is 6.54 Å². The van der Waals surface area contributed by atoms with Crippen LogP contribution in [0.4, 0.5) is 0 Å². The number of hydrogen-bond donors (Lipinski definition) is 1. The van der Waals surface area contributed by atoms with E-state index < -0.39 is 0 Å². The summed E-state index contributed by atoms with van der Waals surface area (Å²) < 4.78 is 0. The molecule has 1 saturated heterocycles. The third kappa shape index (κ3) is 0.951. The van der Waals surface area contributed by atoms with Crippen LogP contribution < -0.4 is 5.32 Å². The molecule has 0 bridgehead atoms. The van der Waals surface area contributed by atoms with E-state index in [0.29, 0.717) is 0 Å². The Labute approximate surface area is 65.9 Å². The van der Waals surface area contributed by atoms with Gasteiger partial charge in [0, 0.05) is 6.21 Å². The molecule has 2 aliphatic rings. The molecule has 60 valence electrons. The minimum Gasteiger partial charge on any atom is -0.351 e. The number of nitrogens with zero attached hydrogens (tertiary/aromatic N) is 1. The topological polar surface area (TPSA) is 41.5 Å². The van der Waals surface area contributed by atoms with Gasteiger partial charge in [-0.3, -0.25) is 9.79 Å². The van der Waals surface area contributed by atoms with Gasteiger partial charge in [-0.25, -0.2) is 0 Å². The van der Waals surface area contributed by atoms with E-state index in [1.54, 1.807) is 0 Å². The molecular weight excluding hydrogens is 140 g/mol. The van der Waals surface area contributed by atoms with Crippen LogP contribution in [0.2, 0.25) is 0 Å². The second-order valence-electron chi connectivity index (χ2n) is 3.27. The fourth-order valence-electron chi connectivity index (χ4n) is 1.63. The van der Waals surface area contributed by atoms with Crippen LogP contribution in [0.1, 0.15) is 25.7 Å². The Balaban J connectivity index is 2.16. The van der Waals surface area contributed by atoms with Gasteiger partial charge in [0.1, 0.15) is 0 Å². The third-order valence-corrected chi connectivity index (χ3v) is 2.48. The van der Waals surface area contributed by atoms with Crippen LogP contribution in [0.25, 0.3) is 0 Å². The summed E-state index contributed by atoms with van der Waals surface area (Å²) in [5.41, 5.74) is -0.337.